The Morgan fingerprint density at radius 3 is 2.54 bits per heavy atom. The summed E-state index contributed by atoms with van der Waals surface area (Å²) in [7, 11) is 0. The predicted octanol–water partition coefficient (Wildman–Crippen LogP) is 5.39. The Morgan fingerprint density at radius 2 is 1.89 bits per heavy atom. The Kier molecular flexibility index (Phi) is 5.72. The predicted molar refractivity (Wildman–Crippen MR) is 119 cm³/mol. The quantitative estimate of drug-likeness (QED) is 0.561. The number of nitrogens with zero attached hydrogens (tertiary/aromatic N) is 3. The highest BCUT2D eigenvalue weighted by atomic mass is 79.9. The summed E-state index contributed by atoms with van der Waals surface area (Å²) in [5.74, 6) is 0.623. The van der Waals surface area contributed by atoms with Crippen molar-refractivity contribution >= 4 is 51.0 Å². The van der Waals surface area contributed by atoms with Crippen LogP contribution in [0.4, 0.5) is 5.69 Å². The SMILES string of the molecule is CSc1ccc([C@@H]2CC(=O)N3CN(c4ccc(Br)cc4)CSC3=C2C#N)cc1. The molecule has 7 heteroatoms. The Balaban J connectivity index is 1.63. The van der Waals surface area contributed by atoms with Gasteiger partial charge in [0, 0.05) is 27.4 Å². The molecule has 0 radical (unpaired) electrons. The lowest BCUT2D eigenvalue weighted by atomic mass is 9.86. The van der Waals surface area contributed by atoms with Crippen LogP contribution >= 0.6 is 39.5 Å². The van der Waals surface area contributed by atoms with Gasteiger partial charge in [0.1, 0.15) is 0 Å². The Bertz CT molecular complexity index is 967. The molecule has 0 aliphatic carbocycles. The van der Waals surface area contributed by atoms with E-state index in [0.29, 0.717) is 24.5 Å². The first-order chi connectivity index (χ1) is 13.6. The van der Waals surface area contributed by atoms with Gasteiger partial charge in [-0.25, -0.2) is 0 Å². The zero-order chi connectivity index (χ0) is 19.7. The second-order valence-corrected chi connectivity index (χ2v) is 9.34. The van der Waals surface area contributed by atoms with E-state index in [1.165, 1.54) is 4.90 Å². The molecule has 1 saturated heterocycles. The maximum absolute atomic E-state index is 13.0. The molecule has 2 aromatic carbocycles. The van der Waals surface area contributed by atoms with Crippen molar-refractivity contribution in [1.29, 1.82) is 5.26 Å². The van der Waals surface area contributed by atoms with E-state index in [1.54, 1.807) is 28.4 Å². The van der Waals surface area contributed by atoms with E-state index in [-0.39, 0.29) is 11.8 Å². The number of benzene rings is 2. The molecule has 0 N–H and O–H groups in total. The monoisotopic (exact) mass is 471 g/mol. The summed E-state index contributed by atoms with van der Waals surface area (Å²) < 4.78 is 1.03. The number of hydrogen-bond acceptors (Lipinski definition) is 5. The number of hydrogen-bond donors (Lipinski definition) is 0. The third-order valence-corrected chi connectivity index (χ3v) is 7.43. The van der Waals surface area contributed by atoms with E-state index in [2.05, 4.69) is 39.0 Å². The van der Waals surface area contributed by atoms with Gasteiger partial charge in [-0.15, -0.1) is 11.8 Å². The minimum Gasteiger partial charge on any atom is -0.344 e. The van der Waals surface area contributed by atoms with Crippen molar-refractivity contribution in [2.75, 3.05) is 23.7 Å². The minimum absolute atomic E-state index is 0.0715. The van der Waals surface area contributed by atoms with Crippen molar-refractivity contribution in [3.63, 3.8) is 0 Å². The summed E-state index contributed by atoms with van der Waals surface area (Å²) in [6.45, 7) is 0.478. The second kappa shape index (κ2) is 8.24. The summed E-state index contributed by atoms with van der Waals surface area (Å²) in [4.78, 5) is 18.1. The minimum atomic E-state index is -0.161. The number of anilines is 1. The van der Waals surface area contributed by atoms with Gasteiger partial charge in [-0.2, -0.15) is 5.26 Å². The van der Waals surface area contributed by atoms with E-state index >= 15 is 0 Å². The van der Waals surface area contributed by atoms with E-state index in [1.807, 2.05) is 42.7 Å². The van der Waals surface area contributed by atoms with E-state index in [0.717, 1.165) is 20.8 Å². The third-order valence-electron chi connectivity index (χ3n) is 5.00. The molecule has 0 unspecified atom stereocenters. The van der Waals surface area contributed by atoms with E-state index in [4.69, 9.17) is 0 Å². The van der Waals surface area contributed by atoms with Crippen LogP contribution in [0.1, 0.15) is 17.9 Å². The first-order valence-corrected chi connectivity index (χ1v) is 11.8. The van der Waals surface area contributed by atoms with Gasteiger partial charge in [0.15, 0.2) is 0 Å². The van der Waals surface area contributed by atoms with E-state index < -0.39 is 0 Å². The molecule has 1 fully saturated rings. The number of halogens is 1. The molecule has 0 bridgehead atoms. The van der Waals surface area contributed by atoms with Crippen LogP contribution in [0.15, 0.2) is 68.5 Å². The Hall–Kier alpha value is -1.88. The maximum Gasteiger partial charge on any atom is 0.229 e. The zero-order valence-corrected chi connectivity index (χ0v) is 18.5. The maximum atomic E-state index is 13.0. The van der Waals surface area contributed by atoms with Crippen LogP contribution in [0.3, 0.4) is 0 Å². The molecule has 2 aromatic rings. The van der Waals surface area contributed by atoms with Crippen LogP contribution < -0.4 is 4.90 Å². The van der Waals surface area contributed by atoms with Crippen LogP contribution in [0.25, 0.3) is 0 Å². The molecule has 2 aliphatic heterocycles. The second-order valence-electron chi connectivity index (χ2n) is 6.61. The average molecular weight is 472 g/mol. The van der Waals surface area contributed by atoms with Gasteiger partial charge in [-0.05, 0) is 48.2 Å². The highest BCUT2D eigenvalue weighted by Gasteiger charge is 2.38. The lowest BCUT2D eigenvalue weighted by Gasteiger charge is -2.42. The van der Waals surface area contributed by atoms with Crippen LogP contribution in [0, 0.1) is 11.3 Å². The number of carbonyl (C=O) groups is 1. The lowest BCUT2D eigenvalue weighted by Crippen LogP contribution is -2.47. The van der Waals surface area contributed by atoms with Gasteiger partial charge in [-0.3, -0.25) is 9.69 Å². The molecule has 0 spiro atoms. The first-order valence-electron chi connectivity index (χ1n) is 8.82. The summed E-state index contributed by atoms with van der Waals surface area (Å²) in [5.41, 5.74) is 2.80. The standard InChI is InChI=1S/C21H18BrN3OS2/c1-27-17-8-2-14(3-9-17)18-10-20(26)25-12-24(13-28-21(25)19(18)11-23)16-6-4-15(22)5-7-16/h2-9,18H,10,12-13H2,1H3/t18-/m0/s1. The number of fused-ring (bicyclic) bond motifs is 1. The first kappa shape index (κ1) is 19.4. The van der Waals surface area contributed by atoms with Crippen molar-refractivity contribution < 1.29 is 4.79 Å². The molecular formula is C21H18BrN3OS2. The fraction of sp³-hybridized carbons (Fsp3) is 0.238. The third kappa shape index (κ3) is 3.69. The van der Waals surface area contributed by atoms with Crippen molar-refractivity contribution in [1.82, 2.24) is 4.90 Å². The van der Waals surface area contributed by atoms with Gasteiger partial charge in [0.25, 0.3) is 0 Å². The Labute approximate surface area is 181 Å². The molecule has 4 rings (SSSR count). The van der Waals surface area contributed by atoms with Crippen LogP contribution in [0.5, 0.6) is 0 Å². The fourth-order valence-corrected chi connectivity index (χ4v) is 5.34. The summed E-state index contributed by atoms with van der Waals surface area (Å²) >= 11 is 6.71. The van der Waals surface area contributed by atoms with Crippen molar-refractivity contribution in [3.8, 4) is 6.07 Å². The summed E-state index contributed by atoms with van der Waals surface area (Å²) in [6.07, 6.45) is 2.37. The number of amides is 1. The molecule has 1 atom stereocenters. The van der Waals surface area contributed by atoms with Crippen molar-refractivity contribution in [3.05, 3.63) is 69.2 Å². The highest BCUT2D eigenvalue weighted by Crippen LogP contribution is 2.43. The van der Waals surface area contributed by atoms with Crippen molar-refractivity contribution in [2.45, 2.75) is 17.2 Å². The molecule has 1 amide bonds. The van der Waals surface area contributed by atoms with Gasteiger partial charge in [0.2, 0.25) is 5.91 Å². The topological polar surface area (TPSA) is 47.3 Å². The van der Waals surface area contributed by atoms with Gasteiger partial charge >= 0.3 is 0 Å². The number of nitriles is 1. The molecule has 142 valence electrons. The largest absolute Gasteiger partial charge is 0.344 e. The van der Waals surface area contributed by atoms with Crippen LogP contribution in [0.2, 0.25) is 0 Å². The molecule has 0 saturated carbocycles. The Morgan fingerprint density at radius 1 is 1.18 bits per heavy atom. The van der Waals surface area contributed by atoms with Crippen molar-refractivity contribution in [2.24, 2.45) is 0 Å². The summed E-state index contributed by atoms with van der Waals surface area (Å²) in [5, 5.41) is 10.7. The molecule has 0 aromatic heterocycles. The molecule has 4 nitrogen and oxygen atoms in total. The van der Waals surface area contributed by atoms with Gasteiger partial charge < -0.3 is 4.90 Å². The van der Waals surface area contributed by atoms with E-state index in [9.17, 15) is 10.1 Å². The lowest BCUT2D eigenvalue weighted by molar-refractivity contribution is -0.129. The molecule has 2 heterocycles. The molecule has 2 aliphatic rings. The number of carbonyl (C=O) groups excluding carboxylic acids is 1. The normalized spacial score (nSPS) is 19.5. The van der Waals surface area contributed by atoms with Crippen LogP contribution in [-0.2, 0) is 4.79 Å². The average Bonchev–Trinajstić information content (AvgIpc) is 2.74. The van der Waals surface area contributed by atoms with Crippen LogP contribution in [-0.4, -0.2) is 29.6 Å². The zero-order valence-electron chi connectivity index (χ0n) is 15.3. The molecule has 28 heavy (non-hydrogen) atoms. The number of thioether (sulfide) groups is 2. The van der Waals surface area contributed by atoms with Gasteiger partial charge in [0.05, 0.1) is 29.2 Å². The summed E-state index contributed by atoms with van der Waals surface area (Å²) in [6, 6.07) is 18.7. The van der Waals surface area contributed by atoms with Gasteiger partial charge in [-0.1, -0.05) is 39.8 Å². The smallest absolute Gasteiger partial charge is 0.229 e. The number of rotatable bonds is 3. The molecular weight excluding hydrogens is 454 g/mol. The number of allylic oxidation sites excluding steroid dienone is 1. The fourth-order valence-electron chi connectivity index (χ4n) is 3.50. The highest BCUT2D eigenvalue weighted by molar-refractivity contribution is 9.10.